The van der Waals surface area contributed by atoms with Gasteiger partial charge in [0.15, 0.2) is 0 Å². The lowest BCUT2D eigenvalue weighted by Gasteiger charge is -2.28. The summed E-state index contributed by atoms with van der Waals surface area (Å²) in [5.41, 5.74) is 12.9. The van der Waals surface area contributed by atoms with E-state index in [9.17, 15) is 0 Å². The number of ether oxygens (including phenoxy) is 2. The largest absolute Gasteiger partial charge is 0.488 e. The van der Waals surface area contributed by atoms with Crippen LogP contribution in [0, 0.1) is 0 Å². The van der Waals surface area contributed by atoms with Crippen LogP contribution in [0.4, 0.5) is 0 Å². The Labute approximate surface area is 250 Å². The van der Waals surface area contributed by atoms with Crippen LogP contribution in [-0.4, -0.2) is 6.66 Å². The number of para-hydroxylation sites is 2. The van der Waals surface area contributed by atoms with Gasteiger partial charge >= 0.3 is 0 Å². The van der Waals surface area contributed by atoms with Gasteiger partial charge in [0, 0.05) is 44.0 Å². The van der Waals surface area contributed by atoms with Gasteiger partial charge in [0.05, 0.1) is 0 Å². The Bertz CT molecular complexity index is 2010. The minimum absolute atomic E-state index is 0.461. The fourth-order valence-corrected chi connectivity index (χ4v) is 10.2. The van der Waals surface area contributed by atoms with E-state index in [4.69, 9.17) is 9.47 Å². The van der Waals surface area contributed by atoms with Crippen LogP contribution in [0.15, 0.2) is 121 Å². The second-order valence-electron chi connectivity index (χ2n) is 11.6. The number of fused-ring (bicyclic) bond motifs is 11. The molecule has 0 radical (unpaired) electrons. The highest BCUT2D eigenvalue weighted by Gasteiger charge is 2.45. The van der Waals surface area contributed by atoms with Crippen LogP contribution in [0.25, 0.3) is 55.6 Å². The molecule has 0 saturated heterocycles. The third-order valence-corrected chi connectivity index (χ3v) is 11.8. The van der Waals surface area contributed by atoms with Crippen molar-refractivity contribution in [1.29, 1.82) is 0 Å². The van der Waals surface area contributed by atoms with E-state index in [-0.39, 0.29) is 0 Å². The molecule has 0 N–H and O–H groups in total. The van der Waals surface area contributed by atoms with Gasteiger partial charge in [-0.2, -0.15) is 0 Å². The van der Waals surface area contributed by atoms with Crippen molar-refractivity contribution in [3.05, 3.63) is 132 Å². The molecule has 0 aromatic heterocycles. The Morgan fingerprint density at radius 2 is 0.884 bits per heavy atom. The summed E-state index contributed by atoms with van der Waals surface area (Å²) in [6, 6.07) is 41.8. The summed E-state index contributed by atoms with van der Waals surface area (Å²) in [5.74, 6) is 1.72. The Hall–Kier alpha value is -4.85. The van der Waals surface area contributed by atoms with Gasteiger partial charge in [0.1, 0.15) is 31.9 Å². The van der Waals surface area contributed by atoms with Crippen LogP contribution in [0.2, 0.25) is 0 Å². The van der Waals surface area contributed by atoms with Crippen molar-refractivity contribution in [1.82, 2.24) is 0 Å². The van der Waals surface area contributed by atoms with Crippen molar-refractivity contribution in [2.45, 2.75) is 13.2 Å². The van der Waals surface area contributed by atoms with Gasteiger partial charge in [-0.3, -0.25) is 0 Å². The third kappa shape index (κ3) is 3.46. The molecule has 0 atom stereocenters. The van der Waals surface area contributed by atoms with Gasteiger partial charge in [-0.15, -0.1) is 0 Å². The monoisotopic (exact) mass is 574 g/mol. The highest BCUT2D eigenvalue weighted by Crippen LogP contribution is 2.62. The van der Waals surface area contributed by atoms with E-state index in [1.54, 1.807) is 0 Å². The highest BCUT2D eigenvalue weighted by atomic mass is 31.2. The molecule has 0 amide bonds. The molecule has 0 spiro atoms. The first-order valence-corrected chi connectivity index (χ1v) is 16.8. The first-order chi connectivity index (χ1) is 21.1. The van der Waals surface area contributed by atoms with Crippen molar-refractivity contribution in [2.24, 2.45) is 0 Å². The molecule has 4 heteroatoms. The minimum Gasteiger partial charge on any atom is -0.488 e. The fourth-order valence-electron chi connectivity index (χ4n) is 7.37. The van der Waals surface area contributed by atoms with Crippen molar-refractivity contribution in [3.8, 4) is 67.1 Å². The van der Waals surface area contributed by atoms with Crippen LogP contribution in [0.1, 0.15) is 11.1 Å². The lowest BCUT2D eigenvalue weighted by molar-refractivity contribution is 0.302. The molecule has 3 aliphatic rings. The van der Waals surface area contributed by atoms with Gasteiger partial charge < -0.3 is 14.0 Å². The zero-order valence-electron chi connectivity index (χ0n) is 23.6. The van der Waals surface area contributed by atoms with Crippen LogP contribution in [0.5, 0.6) is 11.5 Å². The first-order valence-electron chi connectivity index (χ1n) is 14.7. The molecular formula is C39H27O3P. The van der Waals surface area contributed by atoms with Crippen molar-refractivity contribution >= 4 is 17.8 Å². The molecular weight excluding hydrogens is 547 g/mol. The summed E-state index contributed by atoms with van der Waals surface area (Å²) >= 11 is 0. The molecule has 206 valence electrons. The Balaban J connectivity index is 1.52. The van der Waals surface area contributed by atoms with Gasteiger partial charge in [0.25, 0.3) is 0 Å². The summed E-state index contributed by atoms with van der Waals surface area (Å²) in [6.07, 6.45) is 0. The molecule has 0 aliphatic carbocycles. The normalized spacial score (nSPS) is 14.6. The molecule has 0 fully saturated rings. The molecule has 6 aromatic carbocycles. The molecule has 0 unspecified atom stereocenters. The maximum Gasteiger partial charge on any atom is 0.142 e. The van der Waals surface area contributed by atoms with E-state index in [0.717, 1.165) is 88.9 Å². The summed E-state index contributed by atoms with van der Waals surface area (Å²) in [5, 5.41) is 1.89. The standard InChI is InChI=1S/C39H27O3P/c1-43(40)38-30(24-12-4-2-5-13-24)20-26-22-41-32-18-10-8-16-28(32)34(26)36(38)37-35-27(23-42-33-19-11-9-17-29(33)35)21-31(39(37)43)25-14-6-3-7-15-25/h2-21H,22-23H2,1H3. The van der Waals surface area contributed by atoms with Crippen molar-refractivity contribution in [2.75, 3.05) is 6.66 Å². The minimum atomic E-state index is -3.13. The number of rotatable bonds is 2. The Kier molecular flexibility index (Phi) is 5.22. The molecule has 6 aromatic rings. The first kappa shape index (κ1) is 24.7. The predicted octanol–water partition coefficient (Wildman–Crippen LogP) is 9.06. The molecule has 43 heavy (non-hydrogen) atoms. The van der Waals surface area contributed by atoms with E-state index in [2.05, 4.69) is 84.9 Å². The average Bonchev–Trinajstić information content (AvgIpc) is 3.31. The van der Waals surface area contributed by atoms with E-state index in [1.165, 1.54) is 0 Å². The zero-order chi connectivity index (χ0) is 28.7. The Morgan fingerprint density at radius 3 is 1.33 bits per heavy atom. The third-order valence-electron chi connectivity index (χ3n) is 9.12. The van der Waals surface area contributed by atoms with Crippen LogP contribution in [-0.2, 0) is 17.8 Å². The van der Waals surface area contributed by atoms with E-state index >= 15 is 4.57 Å². The lowest BCUT2D eigenvalue weighted by atomic mass is 9.80. The fraction of sp³-hybridized carbons (Fsp3) is 0.0769. The van der Waals surface area contributed by atoms with Crippen LogP contribution < -0.4 is 20.1 Å². The van der Waals surface area contributed by atoms with E-state index in [1.807, 2.05) is 43.1 Å². The second kappa shape index (κ2) is 9.07. The molecule has 3 aliphatic heterocycles. The highest BCUT2D eigenvalue weighted by molar-refractivity contribution is 7.79. The van der Waals surface area contributed by atoms with Crippen molar-refractivity contribution in [3.63, 3.8) is 0 Å². The number of benzene rings is 6. The SMILES string of the molecule is CP1(=O)c2c(-c3ccccc3)cc3c(c2-c2c4c(cc(-c5ccccc5)c21)COc1ccccc1-4)-c1ccccc1OC3. The van der Waals surface area contributed by atoms with Gasteiger partial charge in [-0.1, -0.05) is 97.1 Å². The Morgan fingerprint density at radius 1 is 0.488 bits per heavy atom. The maximum absolute atomic E-state index is 15.8. The van der Waals surface area contributed by atoms with E-state index < -0.39 is 7.14 Å². The topological polar surface area (TPSA) is 35.5 Å². The average molecular weight is 575 g/mol. The van der Waals surface area contributed by atoms with Gasteiger partial charge in [0.2, 0.25) is 0 Å². The van der Waals surface area contributed by atoms with Gasteiger partial charge in [-0.05, 0) is 64.3 Å². The van der Waals surface area contributed by atoms with Crippen molar-refractivity contribution < 1.29 is 14.0 Å². The van der Waals surface area contributed by atoms with Crippen LogP contribution in [0.3, 0.4) is 0 Å². The summed E-state index contributed by atoms with van der Waals surface area (Å²) in [4.78, 5) is 0. The second-order valence-corrected chi connectivity index (χ2v) is 14.3. The summed E-state index contributed by atoms with van der Waals surface area (Å²) in [6.45, 7) is 2.90. The van der Waals surface area contributed by atoms with E-state index in [0.29, 0.717) is 13.2 Å². The molecule has 0 bridgehead atoms. The predicted molar refractivity (Wildman–Crippen MR) is 175 cm³/mol. The van der Waals surface area contributed by atoms with Gasteiger partial charge in [-0.25, -0.2) is 0 Å². The maximum atomic E-state index is 15.8. The molecule has 0 saturated carbocycles. The quantitative estimate of drug-likeness (QED) is 0.194. The molecule has 9 rings (SSSR count). The molecule has 3 heterocycles. The number of hydrogen-bond donors (Lipinski definition) is 0. The zero-order valence-corrected chi connectivity index (χ0v) is 24.5. The summed E-state index contributed by atoms with van der Waals surface area (Å²) < 4.78 is 28.4. The molecule has 3 nitrogen and oxygen atoms in total. The lowest BCUT2D eigenvalue weighted by Crippen LogP contribution is -2.16. The summed E-state index contributed by atoms with van der Waals surface area (Å²) in [7, 11) is -3.13. The van der Waals surface area contributed by atoms with Crippen LogP contribution >= 0.6 is 7.14 Å². The number of hydrogen-bond acceptors (Lipinski definition) is 3. The smallest absolute Gasteiger partial charge is 0.142 e.